The van der Waals surface area contributed by atoms with Crippen molar-refractivity contribution in [2.24, 2.45) is 0 Å². The van der Waals surface area contributed by atoms with Crippen LogP contribution in [-0.2, 0) is 4.79 Å². The summed E-state index contributed by atoms with van der Waals surface area (Å²) in [5.41, 5.74) is 4.30. The number of hydrogen-bond donors (Lipinski definition) is 1. The molecule has 150 valence electrons. The minimum atomic E-state index is -0.227. The number of aromatic nitrogens is 2. The van der Waals surface area contributed by atoms with Crippen LogP contribution in [0.1, 0.15) is 11.1 Å². The van der Waals surface area contributed by atoms with Crippen LogP contribution in [0.2, 0.25) is 0 Å². The summed E-state index contributed by atoms with van der Waals surface area (Å²) in [4.78, 5) is 12.2. The Bertz CT molecular complexity index is 1130. The Balaban J connectivity index is 1.38. The molecule has 0 spiro atoms. The summed E-state index contributed by atoms with van der Waals surface area (Å²) in [5, 5.41) is 11.0. The third-order valence-corrected chi connectivity index (χ3v) is 4.62. The molecular formula is C24H21N3O3. The Hall–Kier alpha value is -3.93. The number of anilines is 1. The van der Waals surface area contributed by atoms with Crippen LogP contribution in [0.25, 0.3) is 22.9 Å². The van der Waals surface area contributed by atoms with Crippen LogP contribution in [-0.4, -0.2) is 22.7 Å². The van der Waals surface area contributed by atoms with Crippen molar-refractivity contribution >= 4 is 11.6 Å². The van der Waals surface area contributed by atoms with Gasteiger partial charge in [0.2, 0.25) is 11.8 Å². The van der Waals surface area contributed by atoms with Crippen LogP contribution < -0.4 is 10.1 Å². The average Bonchev–Trinajstić information content (AvgIpc) is 3.25. The second-order valence-corrected chi connectivity index (χ2v) is 6.91. The molecule has 3 aromatic carbocycles. The molecule has 1 N–H and O–H groups in total. The highest BCUT2D eigenvalue weighted by molar-refractivity contribution is 5.92. The first-order chi connectivity index (χ1) is 14.6. The van der Waals surface area contributed by atoms with Gasteiger partial charge in [-0.15, -0.1) is 10.2 Å². The van der Waals surface area contributed by atoms with Crippen LogP contribution in [0, 0.1) is 13.8 Å². The lowest BCUT2D eigenvalue weighted by molar-refractivity contribution is -0.118. The molecule has 1 amide bonds. The third-order valence-electron chi connectivity index (χ3n) is 4.62. The van der Waals surface area contributed by atoms with E-state index >= 15 is 0 Å². The van der Waals surface area contributed by atoms with E-state index in [0.29, 0.717) is 17.5 Å². The minimum absolute atomic E-state index is 0.0580. The van der Waals surface area contributed by atoms with Gasteiger partial charge in [0.15, 0.2) is 6.61 Å². The smallest absolute Gasteiger partial charge is 0.262 e. The number of rotatable bonds is 6. The van der Waals surface area contributed by atoms with Crippen molar-refractivity contribution in [2.75, 3.05) is 11.9 Å². The van der Waals surface area contributed by atoms with E-state index in [0.717, 1.165) is 28.0 Å². The van der Waals surface area contributed by atoms with Gasteiger partial charge in [-0.2, -0.15) is 0 Å². The van der Waals surface area contributed by atoms with E-state index < -0.39 is 0 Å². The van der Waals surface area contributed by atoms with Crippen LogP contribution in [0.4, 0.5) is 5.69 Å². The van der Waals surface area contributed by atoms with E-state index in [1.807, 2.05) is 74.5 Å². The van der Waals surface area contributed by atoms with Gasteiger partial charge < -0.3 is 14.5 Å². The summed E-state index contributed by atoms with van der Waals surface area (Å²) >= 11 is 0. The summed E-state index contributed by atoms with van der Waals surface area (Å²) in [6.45, 7) is 3.86. The highest BCUT2D eigenvalue weighted by atomic mass is 16.5. The number of para-hydroxylation sites is 1. The van der Waals surface area contributed by atoms with E-state index in [-0.39, 0.29) is 12.5 Å². The lowest BCUT2D eigenvalue weighted by atomic mass is 10.1. The molecule has 1 aromatic heterocycles. The van der Waals surface area contributed by atoms with Crippen molar-refractivity contribution in [1.29, 1.82) is 0 Å². The van der Waals surface area contributed by atoms with E-state index in [1.54, 1.807) is 12.1 Å². The molecule has 0 radical (unpaired) electrons. The Morgan fingerprint density at radius 1 is 0.833 bits per heavy atom. The summed E-state index contributed by atoms with van der Waals surface area (Å²) in [6.07, 6.45) is 0. The van der Waals surface area contributed by atoms with Crippen LogP contribution >= 0.6 is 0 Å². The lowest BCUT2D eigenvalue weighted by Crippen LogP contribution is -2.20. The first-order valence-corrected chi connectivity index (χ1v) is 9.58. The first kappa shape index (κ1) is 19.4. The Morgan fingerprint density at radius 2 is 1.43 bits per heavy atom. The van der Waals surface area contributed by atoms with Gasteiger partial charge in [-0.3, -0.25) is 4.79 Å². The van der Waals surface area contributed by atoms with Crippen LogP contribution in [0.15, 0.2) is 77.2 Å². The SMILES string of the molecule is Cc1cccc(C)c1OCC(=O)Nc1ccc(-c2nnc(-c3ccccc3)o2)cc1. The van der Waals surface area contributed by atoms with Crippen LogP contribution in [0.5, 0.6) is 5.75 Å². The van der Waals surface area contributed by atoms with Crippen LogP contribution in [0.3, 0.4) is 0 Å². The molecular weight excluding hydrogens is 378 g/mol. The van der Waals surface area contributed by atoms with Gasteiger partial charge in [-0.1, -0.05) is 36.4 Å². The maximum atomic E-state index is 12.2. The lowest BCUT2D eigenvalue weighted by Gasteiger charge is -2.12. The van der Waals surface area contributed by atoms with Gasteiger partial charge in [0.25, 0.3) is 5.91 Å². The molecule has 1 heterocycles. The summed E-state index contributed by atoms with van der Waals surface area (Å²) in [5.74, 6) is 1.40. The third kappa shape index (κ3) is 4.38. The molecule has 0 aliphatic rings. The van der Waals surface area contributed by atoms with Gasteiger partial charge in [-0.05, 0) is 61.4 Å². The summed E-state index contributed by atoms with van der Waals surface area (Å²) < 4.78 is 11.5. The number of ether oxygens (including phenoxy) is 1. The highest BCUT2D eigenvalue weighted by Crippen LogP contribution is 2.25. The molecule has 0 fully saturated rings. The number of hydrogen-bond acceptors (Lipinski definition) is 5. The van der Waals surface area contributed by atoms with Crippen molar-refractivity contribution < 1.29 is 13.9 Å². The normalized spacial score (nSPS) is 10.6. The quantitative estimate of drug-likeness (QED) is 0.492. The van der Waals surface area contributed by atoms with Gasteiger partial charge >= 0.3 is 0 Å². The number of benzene rings is 3. The van der Waals surface area contributed by atoms with Gasteiger partial charge in [-0.25, -0.2) is 0 Å². The summed E-state index contributed by atoms with van der Waals surface area (Å²) in [7, 11) is 0. The van der Waals surface area contributed by atoms with E-state index in [9.17, 15) is 4.79 Å². The zero-order valence-corrected chi connectivity index (χ0v) is 16.8. The van der Waals surface area contributed by atoms with E-state index in [1.165, 1.54) is 0 Å². The Morgan fingerprint density at radius 3 is 2.07 bits per heavy atom. The molecule has 0 aliphatic carbocycles. The van der Waals surface area contributed by atoms with E-state index in [4.69, 9.17) is 9.15 Å². The predicted molar refractivity (Wildman–Crippen MR) is 115 cm³/mol. The van der Waals surface area contributed by atoms with Crippen molar-refractivity contribution in [1.82, 2.24) is 10.2 Å². The molecule has 4 rings (SSSR count). The average molecular weight is 399 g/mol. The summed E-state index contributed by atoms with van der Waals surface area (Å²) in [6, 6.07) is 22.7. The monoisotopic (exact) mass is 399 g/mol. The molecule has 30 heavy (non-hydrogen) atoms. The van der Waals surface area contributed by atoms with Gasteiger partial charge in [0, 0.05) is 16.8 Å². The maximum Gasteiger partial charge on any atom is 0.262 e. The second kappa shape index (κ2) is 8.61. The standard InChI is InChI=1S/C24H21N3O3/c1-16-7-6-8-17(2)22(16)29-15-21(28)25-20-13-11-19(12-14-20)24-27-26-23(30-24)18-9-4-3-5-10-18/h3-14H,15H2,1-2H3,(H,25,28). The Kier molecular flexibility index (Phi) is 5.57. The number of nitrogens with zero attached hydrogens (tertiary/aromatic N) is 2. The maximum absolute atomic E-state index is 12.2. The topological polar surface area (TPSA) is 77.2 Å². The first-order valence-electron chi connectivity index (χ1n) is 9.58. The molecule has 0 bridgehead atoms. The van der Waals surface area contributed by atoms with E-state index in [2.05, 4.69) is 15.5 Å². The number of carbonyl (C=O) groups excluding carboxylic acids is 1. The fraction of sp³-hybridized carbons (Fsp3) is 0.125. The van der Waals surface area contributed by atoms with Crippen molar-refractivity contribution in [2.45, 2.75) is 13.8 Å². The van der Waals surface area contributed by atoms with Gasteiger partial charge in [0.05, 0.1) is 0 Å². The molecule has 0 aliphatic heterocycles. The largest absolute Gasteiger partial charge is 0.483 e. The molecule has 4 aromatic rings. The number of carbonyl (C=O) groups is 1. The molecule has 0 unspecified atom stereocenters. The van der Waals surface area contributed by atoms with Crippen molar-refractivity contribution in [3.8, 4) is 28.7 Å². The Labute approximate surface area is 174 Å². The molecule has 0 saturated carbocycles. The molecule has 6 heteroatoms. The second-order valence-electron chi connectivity index (χ2n) is 6.91. The number of nitrogens with one attached hydrogen (secondary N) is 1. The fourth-order valence-electron chi connectivity index (χ4n) is 3.10. The zero-order chi connectivity index (χ0) is 20.9. The fourth-order valence-corrected chi connectivity index (χ4v) is 3.10. The highest BCUT2D eigenvalue weighted by Gasteiger charge is 2.11. The van der Waals surface area contributed by atoms with Crippen molar-refractivity contribution in [3.63, 3.8) is 0 Å². The number of aryl methyl sites for hydroxylation is 2. The predicted octanol–water partition coefficient (Wildman–Crippen LogP) is 5.04. The minimum Gasteiger partial charge on any atom is -0.483 e. The van der Waals surface area contributed by atoms with Crippen molar-refractivity contribution in [3.05, 3.63) is 83.9 Å². The number of amides is 1. The molecule has 0 saturated heterocycles. The van der Waals surface area contributed by atoms with Gasteiger partial charge in [0.1, 0.15) is 5.75 Å². The molecule has 6 nitrogen and oxygen atoms in total. The zero-order valence-electron chi connectivity index (χ0n) is 16.8. The molecule has 0 atom stereocenters.